The minimum atomic E-state index is -2.80. The van der Waals surface area contributed by atoms with Crippen LogP contribution in [0.4, 0.5) is 19.3 Å². The van der Waals surface area contributed by atoms with Crippen molar-refractivity contribution in [3.05, 3.63) is 30.3 Å². The number of carbonyl (C=O) groups excluding carboxylic acids is 1. The van der Waals surface area contributed by atoms with E-state index >= 15 is 0 Å². The number of carbonyl (C=O) groups is 1. The predicted octanol–water partition coefficient (Wildman–Crippen LogP) is 1.14. The Morgan fingerprint density at radius 1 is 1.25 bits per heavy atom. The van der Waals surface area contributed by atoms with Gasteiger partial charge in [-0.2, -0.15) is 0 Å². The molecule has 0 aromatic heterocycles. The molecule has 3 N–H and O–H groups in total. The highest BCUT2D eigenvalue weighted by Crippen LogP contribution is 2.24. The van der Waals surface area contributed by atoms with E-state index in [0.717, 1.165) is 4.90 Å². The van der Waals surface area contributed by atoms with Crippen LogP contribution in [0.15, 0.2) is 30.3 Å². The highest BCUT2D eigenvalue weighted by molar-refractivity contribution is 5.89. The summed E-state index contributed by atoms with van der Waals surface area (Å²) in [5, 5.41) is 21.6. The Morgan fingerprint density at radius 2 is 1.90 bits per heavy atom. The van der Waals surface area contributed by atoms with E-state index in [9.17, 15) is 23.8 Å². The van der Waals surface area contributed by atoms with E-state index in [4.69, 9.17) is 0 Å². The lowest BCUT2D eigenvalue weighted by Gasteiger charge is -2.38. The maximum Gasteiger partial charge on any atom is 0.321 e. The molecule has 5 nitrogen and oxygen atoms in total. The van der Waals surface area contributed by atoms with Crippen LogP contribution in [0.1, 0.15) is 0 Å². The third-order valence-electron chi connectivity index (χ3n) is 3.31. The lowest BCUT2D eigenvalue weighted by Crippen LogP contribution is -2.56. The fourth-order valence-corrected chi connectivity index (χ4v) is 2.17. The number of aliphatic hydroxyl groups is 2. The van der Waals surface area contributed by atoms with Gasteiger partial charge in [-0.15, -0.1) is 0 Å². The molecular weight excluding hydrogens is 270 g/mol. The van der Waals surface area contributed by atoms with Crippen molar-refractivity contribution in [3.8, 4) is 0 Å². The molecule has 1 heterocycles. The number of piperidine rings is 1. The van der Waals surface area contributed by atoms with Crippen molar-refractivity contribution >= 4 is 11.7 Å². The normalized spacial score (nSPS) is 26.6. The summed E-state index contributed by atoms with van der Waals surface area (Å²) >= 11 is 0. The topological polar surface area (TPSA) is 72.8 Å². The van der Waals surface area contributed by atoms with Crippen molar-refractivity contribution in [2.45, 2.75) is 18.6 Å². The van der Waals surface area contributed by atoms with Crippen molar-refractivity contribution in [1.29, 1.82) is 0 Å². The number of urea groups is 1. The van der Waals surface area contributed by atoms with Crippen molar-refractivity contribution < 1.29 is 23.8 Å². The highest BCUT2D eigenvalue weighted by atomic mass is 19.3. The van der Waals surface area contributed by atoms with Crippen molar-refractivity contribution in [2.75, 3.05) is 18.4 Å². The number of likely N-dealkylation sites (tertiary alicyclic amines) is 1. The number of benzene rings is 1. The van der Waals surface area contributed by atoms with E-state index in [0.29, 0.717) is 5.69 Å². The number of anilines is 1. The van der Waals surface area contributed by atoms with Crippen LogP contribution in [0.25, 0.3) is 0 Å². The molecule has 110 valence electrons. The highest BCUT2D eigenvalue weighted by Gasteiger charge is 2.41. The molecule has 0 radical (unpaired) electrons. The number of halogens is 2. The van der Waals surface area contributed by atoms with E-state index in [2.05, 4.69) is 5.32 Å². The summed E-state index contributed by atoms with van der Waals surface area (Å²) in [4.78, 5) is 13.0. The van der Waals surface area contributed by atoms with Crippen LogP contribution in [-0.2, 0) is 0 Å². The molecule has 3 atom stereocenters. The van der Waals surface area contributed by atoms with Crippen molar-refractivity contribution in [3.63, 3.8) is 0 Å². The van der Waals surface area contributed by atoms with Crippen LogP contribution in [0.2, 0.25) is 0 Å². The lowest BCUT2D eigenvalue weighted by atomic mass is 9.93. The fourth-order valence-electron chi connectivity index (χ4n) is 2.17. The molecule has 1 aliphatic rings. The average Bonchev–Trinajstić information content (AvgIpc) is 2.42. The molecule has 2 amide bonds. The maximum absolute atomic E-state index is 12.8. The number of amides is 2. The number of rotatable bonds is 2. The third-order valence-corrected chi connectivity index (χ3v) is 3.31. The minimum Gasteiger partial charge on any atom is -0.390 e. The zero-order chi connectivity index (χ0) is 14.7. The molecule has 1 saturated heterocycles. The molecule has 1 fully saturated rings. The van der Waals surface area contributed by atoms with Gasteiger partial charge < -0.3 is 20.4 Å². The first kappa shape index (κ1) is 14.7. The fraction of sp³-hybridized carbons (Fsp3) is 0.462. The van der Waals surface area contributed by atoms with Crippen LogP contribution in [-0.4, -0.2) is 52.9 Å². The number of β-amino-alcohol motifs (C(OH)–C–C–N with tert-alkyl or cyclic N) is 1. The van der Waals surface area contributed by atoms with E-state index in [1.165, 1.54) is 0 Å². The van der Waals surface area contributed by atoms with Gasteiger partial charge in [0.25, 0.3) is 0 Å². The Labute approximate surface area is 114 Å². The Morgan fingerprint density at radius 3 is 2.50 bits per heavy atom. The summed E-state index contributed by atoms with van der Waals surface area (Å²) in [6, 6.07) is 7.99. The molecular formula is C13H16F2N2O3. The summed E-state index contributed by atoms with van der Waals surface area (Å²) in [6.45, 7) is -0.475. The van der Waals surface area contributed by atoms with Gasteiger partial charge in [-0.1, -0.05) is 18.2 Å². The van der Waals surface area contributed by atoms with Gasteiger partial charge in [0.2, 0.25) is 6.43 Å². The van der Waals surface area contributed by atoms with Gasteiger partial charge in [0, 0.05) is 12.2 Å². The monoisotopic (exact) mass is 286 g/mol. The molecule has 2 rings (SSSR count). The van der Waals surface area contributed by atoms with Crippen LogP contribution in [0.5, 0.6) is 0 Å². The minimum absolute atomic E-state index is 0.178. The van der Waals surface area contributed by atoms with Gasteiger partial charge in [0.1, 0.15) is 0 Å². The van der Waals surface area contributed by atoms with Crippen LogP contribution < -0.4 is 5.32 Å². The smallest absolute Gasteiger partial charge is 0.321 e. The van der Waals surface area contributed by atoms with Gasteiger partial charge in [-0.05, 0) is 12.1 Å². The van der Waals surface area contributed by atoms with E-state index in [-0.39, 0.29) is 13.1 Å². The SMILES string of the molecule is O=C(Nc1ccccc1)N1C[C@@H](O)[C@H](O)[C@@H](C(F)F)C1. The largest absolute Gasteiger partial charge is 0.390 e. The number of para-hydroxylation sites is 1. The third kappa shape index (κ3) is 3.23. The Balaban J connectivity index is 2.03. The second kappa shape index (κ2) is 6.15. The zero-order valence-electron chi connectivity index (χ0n) is 10.6. The quantitative estimate of drug-likeness (QED) is 0.763. The first-order valence-electron chi connectivity index (χ1n) is 6.24. The zero-order valence-corrected chi connectivity index (χ0v) is 10.6. The molecule has 0 saturated carbocycles. The molecule has 0 aliphatic carbocycles. The number of hydrogen-bond donors (Lipinski definition) is 3. The molecule has 1 aliphatic heterocycles. The van der Waals surface area contributed by atoms with Crippen LogP contribution in [0, 0.1) is 5.92 Å². The Hall–Kier alpha value is -1.73. The van der Waals surface area contributed by atoms with Gasteiger partial charge in [-0.3, -0.25) is 0 Å². The maximum atomic E-state index is 12.8. The second-order valence-corrected chi connectivity index (χ2v) is 4.76. The molecule has 1 aromatic rings. The first-order chi connectivity index (χ1) is 9.49. The summed E-state index contributed by atoms with van der Waals surface area (Å²) in [5.74, 6) is -1.44. The summed E-state index contributed by atoms with van der Waals surface area (Å²) in [7, 11) is 0. The van der Waals surface area contributed by atoms with Gasteiger partial charge in [-0.25, -0.2) is 13.6 Å². The van der Waals surface area contributed by atoms with Crippen molar-refractivity contribution in [2.24, 2.45) is 5.92 Å². The number of nitrogens with zero attached hydrogens (tertiary/aromatic N) is 1. The number of aliphatic hydroxyl groups excluding tert-OH is 2. The summed E-state index contributed by atoms with van der Waals surface area (Å²) in [5.41, 5.74) is 0.534. The van der Waals surface area contributed by atoms with Crippen LogP contribution >= 0.6 is 0 Å². The first-order valence-corrected chi connectivity index (χ1v) is 6.24. The van der Waals surface area contributed by atoms with Gasteiger partial charge in [0.05, 0.1) is 24.7 Å². The Kier molecular flexibility index (Phi) is 4.51. The van der Waals surface area contributed by atoms with Crippen LogP contribution in [0.3, 0.4) is 0 Å². The lowest BCUT2D eigenvalue weighted by molar-refractivity contribution is -0.106. The van der Waals surface area contributed by atoms with E-state index in [1.807, 2.05) is 0 Å². The molecule has 1 aromatic carbocycles. The summed E-state index contributed by atoms with van der Waals surface area (Å²) in [6.07, 6.45) is -5.69. The molecule has 20 heavy (non-hydrogen) atoms. The molecule has 7 heteroatoms. The summed E-state index contributed by atoms with van der Waals surface area (Å²) < 4.78 is 25.6. The number of nitrogens with one attached hydrogen (secondary N) is 1. The van der Waals surface area contributed by atoms with Gasteiger partial charge >= 0.3 is 6.03 Å². The van der Waals surface area contributed by atoms with E-state index < -0.39 is 30.6 Å². The van der Waals surface area contributed by atoms with E-state index in [1.54, 1.807) is 30.3 Å². The predicted molar refractivity (Wildman–Crippen MR) is 68.5 cm³/mol. The molecule has 0 bridgehead atoms. The van der Waals surface area contributed by atoms with Gasteiger partial charge in [0.15, 0.2) is 0 Å². The number of hydrogen-bond acceptors (Lipinski definition) is 3. The average molecular weight is 286 g/mol. The molecule has 0 spiro atoms. The number of alkyl halides is 2. The second-order valence-electron chi connectivity index (χ2n) is 4.76. The van der Waals surface area contributed by atoms with Crippen molar-refractivity contribution in [1.82, 2.24) is 4.90 Å². The standard InChI is InChI=1S/C13H16F2N2O3/c14-12(15)9-6-17(7-10(18)11(9)19)13(20)16-8-4-2-1-3-5-8/h1-5,9-12,18-19H,6-7H2,(H,16,20)/t9-,10+,11+/m0/s1. The molecule has 0 unspecified atom stereocenters. The Bertz CT molecular complexity index is 458.